The molecule has 0 saturated carbocycles. The Hall–Kier alpha value is -4.69. The average Bonchev–Trinajstić information content (AvgIpc) is 3.06. The van der Waals surface area contributed by atoms with Gasteiger partial charge in [0.15, 0.2) is 0 Å². The summed E-state index contributed by atoms with van der Waals surface area (Å²) in [6.07, 6.45) is -2.31. The van der Waals surface area contributed by atoms with Crippen LogP contribution in [0.2, 0.25) is 0 Å². The molecule has 46 heavy (non-hydrogen) atoms. The third-order valence-electron chi connectivity index (χ3n) is 6.24. The zero-order valence-corrected chi connectivity index (χ0v) is 27.1. The third kappa shape index (κ3) is 11.0. The lowest BCUT2D eigenvalue weighted by Crippen LogP contribution is -2.21. The van der Waals surface area contributed by atoms with Crippen molar-refractivity contribution in [1.29, 1.82) is 4.78 Å². The zero-order chi connectivity index (χ0) is 34.3. The molecule has 0 spiro atoms. The van der Waals surface area contributed by atoms with Crippen LogP contribution in [0.3, 0.4) is 0 Å². The van der Waals surface area contributed by atoms with Gasteiger partial charge in [0, 0.05) is 52.6 Å². The average molecular weight is 660 g/mol. The van der Waals surface area contributed by atoms with Crippen LogP contribution in [0.5, 0.6) is 0 Å². The molecular weight excluding hydrogens is 619 g/mol. The fourth-order valence-electron chi connectivity index (χ4n) is 3.77. The highest BCUT2D eigenvalue weighted by atomic mass is 32.2. The summed E-state index contributed by atoms with van der Waals surface area (Å²) in [5.41, 5.74) is 2.85. The van der Waals surface area contributed by atoms with Gasteiger partial charge in [-0.25, -0.2) is 14.0 Å². The Kier molecular flexibility index (Phi) is 14.4. The largest absolute Gasteiger partial charge is 0.416 e. The van der Waals surface area contributed by atoms with E-state index in [1.807, 2.05) is 52.1 Å². The first-order valence-corrected chi connectivity index (χ1v) is 16.2. The van der Waals surface area contributed by atoms with E-state index in [2.05, 4.69) is 31.2 Å². The van der Waals surface area contributed by atoms with E-state index in [0.717, 1.165) is 34.6 Å². The molecule has 0 aliphatic rings. The number of nitrogens with zero attached hydrogens (tertiary/aromatic N) is 2. The molecule has 0 radical (unpaired) electrons. The van der Waals surface area contributed by atoms with Crippen LogP contribution >= 0.6 is 0 Å². The Bertz CT molecular complexity index is 1630. The molecule has 3 aromatic carbocycles. The standard InChI is InChI=1S/C22H28N6O2S.C8H6F3NO.C2H6/c1-4-31(23,30)19-11-9-18(10-12-19)27-22-25-13-20(21(28-22)26-15(2)14-29)16-5-7-17(24-3)8-6-16;9-8(10,11)6-2-1-3-7(4-6)12-5-13;1-2/h5-13,15,23-24,29H,4,14H2,1-3H3,(H2,25,26,27,28);1-5H,(H,12,13);1-2H3/t15-,31?;;/m1../s1. The number of rotatable bonds is 11. The molecular formula is C32H40F3N7O3S. The number of amides is 1. The Labute approximate surface area is 267 Å². The third-order valence-corrected chi connectivity index (χ3v) is 8.09. The van der Waals surface area contributed by atoms with Crippen LogP contribution in [-0.2, 0) is 20.7 Å². The van der Waals surface area contributed by atoms with Gasteiger partial charge in [0.2, 0.25) is 12.4 Å². The zero-order valence-electron chi connectivity index (χ0n) is 26.3. The van der Waals surface area contributed by atoms with Crippen LogP contribution in [0.15, 0.2) is 83.9 Å². The van der Waals surface area contributed by atoms with Crippen LogP contribution in [0, 0.1) is 4.78 Å². The van der Waals surface area contributed by atoms with Gasteiger partial charge in [0.1, 0.15) is 5.82 Å². The first-order chi connectivity index (χ1) is 21.9. The number of hydrogen-bond donors (Lipinski definition) is 6. The molecule has 248 valence electrons. The first kappa shape index (κ1) is 37.5. The summed E-state index contributed by atoms with van der Waals surface area (Å²) in [6, 6.07) is 19.0. The van der Waals surface area contributed by atoms with Crippen molar-refractivity contribution in [3.63, 3.8) is 0 Å². The molecule has 1 amide bonds. The van der Waals surface area contributed by atoms with Gasteiger partial charge < -0.3 is 26.4 Å². The predicted octanol–water partition coefficient (Wildman–Crippen LogP) is 7.45. The van der Waals surface area contributed by atoms with Crippen molar-refractivity contribution >= 4 is 45.0 Å². The normalized spacial score (nSPS) is 12.5. The van der Waals surface area contributed by atoms with Crippen molar-refractivity contribution in [2.24, 2.45) is 0 Å². The number of carbonyl (C=O) groups excluding carboxylic acids is 1. The fraction of sp³-hybridized carbons (Fsp3) is 0.281. The fourth-order valence-corrected chi connectivity index (χ4v) is 4.68. The van der Waals surface area contributed by atoms with Crippen molar-refractivity contribution < 1.29 is 27.3 Å². The van der Waals surface area contributed by atoms with Crippen molar-refractivity contribution in [1.82, 2.24) is 9.97 Å². The SMILES string of the molecule is CC.CCS(=N)(=O)c1ccc(Nc2ncc(-c3ccc(NC)cc3)c(N[C@H](C)CO)n2)cc1.O=CNc1cccc(C(F)(F)F)c1. The number of aliphatic hydroxyl groups excluding tert-OH is 1. The molecule has 0 aliphatic carbocycles. The van der Waals surface area contributed by atoms with Crippen LogP contribution in [-0.4, -0.2) is 51.1 Å². The summed E-state index contributed by atoms with van der Waals surface area (Å²) < 4.78 is 56.4. The van der Waals surface area contributed by atoms with Gasteiger partial charge in [-0.2, -0.15) is 18.2 Å². The van der Waals surface area contributed by atoms with Gasteiger partial charge in [-0.3, -0.25) is 4.79 Å². The predicted molar refractivity (Wildman–Crippen MR) is 179 cm³/mol. The molecule has 2 atom stereocenters. The maximum absolute atomic E-state index is 12.2. The lowest BCUT2D eigenvalue weighted by atomic mass is 10.1. The van der Waals surface area contributed by atoms with Crippen molar-refractivity contribution in [3.8, 4) is 11.1 Å². The van der Waals surface area contributed by atoms with E-state index < -0.39 is 21.5 Å². The van der Waals surface area contributed by atoms with E-state index in [1.54, 1.807) is 37.4 Å². The van der Waals surface area contributed by atoms with Crippen molar-refractivity contribution in [2.45, 2.75) is 44.8 Å². The molecule has 10 nitrogen and oxygen atoms in total. The van der Waals surface area contributed by atoms with E-state index in [-0.39, 0.29) is 24.1 Å². The van der Waals surface area contributed by atoms with Crippen LogP contribution < -0.4 is 21.3 Å². The van der Waals surface area contributed by atoms with Gasteiger partial charge in [-0.15, -0.1) is 0 Å². The van der Waals surface area contributed by atoms with Crippen molar-refractivity contribution in [3.05, 3.63) is 84.6 Å². The molecule has 0 saturated heterocycles. The Morgan fingerprint density at radius 1 is 1.00 bits per heavy atom. The number of benzene rings is 3. The van der Waals surface area contributed by atoms with Crippen LogP contribution in [0.25, 0.3) is 11.1 Å². The molecule has 4 aromatic rings. The molecule has 0 aliphatic heterocycles. The number of carbonyl (C=O) groups is 1. The Balaban J connectivity index is 0.000000410. The smallest absolute Gasteiger partial charge is 0.394 e. The number of nitrogens with one attached hydrogen (secondary N) is 5. The van der Waals surface area contributed by atoms with E-state index >= 15 is 0 Å². The highest BCUT2D eigenvalue weighted by Gasteiger charge is 2.30. The molecule has 6 N–H and O–H groups in total. The summed E-state index contributed by atoms with van der Waals surface area (Å²) in [7, 11) is -0.883. The summed E-state index contributed by atoms with van der Waals surface area (Å²) in [5.74, 6) is 1.27. The Morgan fingerprint density at radius 3 is 2.17 bits per heavy atom. The second-order valence-corrected chi connectivity index (χ2v) is 11.9. The first-order valence-electron chi connectivity index (χ1n) is 14.4. The number of alkyl halides is 3. The summed E-state index contributed by atoms with van der Waals surface area (Å²) in [4.78, 5) is 19.5. The van der Waals surface area contributed by atoms with Crippen LogP contribution in [0.4, 0.5) is 42.0 Å². The molecule has 1 unspecified atom stereocenters. The highest BCUT2D eigenvalue weighted by molar-refractivity contribution is 7.92. The summed E-state index contributed by atoms with van der Waals surface area (Å²) in [5, 5.41) is 21.1. The van der Waals surface area contributed by atoms with E-state index in [9.17, 15) is 27.3 Å². The molecule has 14 heteroatoms. The minimum absolute atomic E-state index is 0.0316. The molecule has 4 rings (SSSR count). The van der Waals surface area contributed by atoms with Gasteiger partial charge in [0.25, 0.3) is 0 Å². The van der Waals surface area contributed by atoms with Crippen molar-refractivity contribution in [2.75, 3.05) is 40.7 Å². The molecule has 1 heterocycles. The molecule has 1 aromatic heterocycles. The van der Waals surface area contributed by atoms with Gasteiger partial charge >= 0.3 is 6.18 Å². The molecule has 0 fully saturated rings. The summed E-state index contributed by atoms with van der Waals surface area (Å²) >= 11 is 0. The molecule has 0 bridgehead atoms. The maximum atomic E-state index is 12.2. The summed E-state index contributed by atoms with van der Waals surface area (Å²) in [6.45, 7) is 7.58. The quantitative estimate of drug-likeness (QED) is 0.0909. The Morgan fingerprint density at radius 2 is 1.63 bits per heavy atom. The van der Waals surface area contributed by atoms with E-state index in [4.69, 9.17) is 4.78 Å². The van der Waals surface area contributed by atoms with Gasteiger partial charge in [-0.1, -0.05) is 39.0 Å². The van der Waals surface area contributed by atoms with E-state index in [0.29, 0.717) is 23.1 Å². The number of anilines is 5. The number of aliphatic hydroxyl groups is 1. The second kappa shape index (κ2) is 17.7. The number of hydrogen-bond acceptors (Lipinski definition) is 9. The minimum atomic E-state index is -4.37. The second-order valence-electron chi connectivity index (χ2n) is 9.47. The number of halogens is 3. The lowest BCUT2D eigenvalue weighted by Gasteiger charge is -2.17. The minimum Gasteiger partial charge on any atom is -0.394 e. The lowest BCUT2D eigenvalue weighted by molar-refractivity contribution is -0.137. The van der Waals surface area contributed by atoms with Crippen LogP contribution in [0.1, 0.15) is 33.3 Å². The maximum Gasteiger partial charge on any atom is 0.416 e. The highest BCUT2D eigenvalue weighted by Crippen LogP contribution is 2.31. The monoisotopic (exact) mass is 659 g/mol. The van der Waals surface area contributed by atoms with Gasteiger partial charge in [-0.05, 0) is 67.1 Å². The topological polar surface area (TPSA) is 152 Å². The number of aromatic nitrogens is 2. The van der Waals surface area contributed by atoms with E-state index in [1.165, 1.54) is 12.1 Å². The van der Waals surface area contributed by atoms with Gasteiger partial charge in [0.05, 0.1) is 21.9 Å².